The lowest BCUT2D eigenvalue weighted by molar-refractivity contribution is 0.304. The van der Waals surface area contributed by atoms with E-state index in [4.69, 9.17) is 9.47 Å². The van der Waals surface area contributed by atoms with Gasteiger partial charge in [0.15, 0.2) is 0 Å². The van der Waals surface area contributed by atoms with Crippen LogP contribution in [0.2, 0.25) is 0 Å². The number of hydrogen-bond donors (Lipinski definition) is 0. The molecule has 5 heteroatoms. The smallest absolute Gasteiger partial charge is 0.247 e. The van der Waals surface area contributed by atoms with E-state index in [9.17, 15) is 0 Å². The molecule has 0 aliphatic heterocycles. The molecule has 4 rings (SSSR count). The summed E-state index contributed by atoms with van der Waals surface area (Å²) in [6, 6.07) is 19.6. The SMILES string of the molecule is Cc1c(OCc2ccccc2)cn2ncnc(Oc3ccccc3)c12. The van der Waals surface area contributed by atoms with E-state index in [2.05, 4.69) is 10.1 Å². The molecule has 0 bridgehead atoms. The van der Waals surface area contributed by atoms with E-state index in [1.54, 1.807) is 4.52 Å². The van der Waals surface area contributed by atoms with Gasteiger partial charge in [0.1, 0.15) is 29.9 Å². The minimum Gasteiger partial charge on any atom is -0.487 e. The number of hydrogen-bond acceptors (Lipinski definition) is 4. The van der Waals surface area contributed by atoms with Gasteiger partial charge in [-0.1, -0.05) is 48.5 Å². The molecule has 4 aromatic rings. The highest BCUT2D eigenvalue weighted by atomic mass is 16.5. The maximum absolute atomic E-state index is 5.97. The molecule has 124 valence electrons. The van der Waals surface area contributed by atoms with E-state index >= 15 is 0 Å². The number of rotatable bonds is 5. The molecule has 0 aliphatic rings. The van der Waals surface area contributed by atoms with Crippen molar-refractivity contribution in [1.82, 2.24) is 14.6 Å². The van der Waals surface area contributed by atoms with Crippen molar-refractivity contribution in [3.8, 4) is 17.4 Å². The fourth-order valence-electron chi connectivity index (χ4n) is 2.66. The molecule has 0 saturated heterocycles. The largest absolute Gasteiger partial charge is 0.487 e. The lowest BCUT2D eigenvalue weighted by atomic mass is 10.2. The van der Waals surface area contributed by atoms with Gasteiger partial charge in [0, 0.05) is 5.56 Å². The zero-order chi connectivity index (χ0) is 17.1. The standard InChI is InChI=1S/C20H17N3O2/c1-15-18(24-13-16-8-4-2-5-9-16)12-23-19(15)20(21-14-22-23)25-17-10-6-3-7-11-17/h2-12,14H,13H2,1H3. The number of aromatic nitrogens is 3. The number of benzene rings is 2. The zero-order valence-corrected chi connectivity index (χ0v) is 13.8. The Bertz CT molecular complexity index is 982. The first-order valence-electron chi connectivity index (χ1n) is 8.04. The monoisotopic (exact) mass is 331 g/mol. The van der Waals surface area contributed by atoms with E-state index in [1.165, 1.54) is 6.33 Å². The Balaban J connectivity index is 1.64. The van der Waals surface area contributed by atoms with Gasteiger partial charge in [-0.2, -0.15) is 10.1 Å². The molecule has 2 aromatic heterocycles. The average molecular weight is 331 g/mol. The van der Waals surface area contributed by atoms with E-state index < -0.39 is 0 Å². The van der Waals surface area contributed by atoms with Crippen LogP contribution in [-0.4, -0.2) is 14.6 Å². The van der Waals surface area contributed by atoms with Gasteiger partial charge in [-0.3, -0.25) is 0 Å². The number of fused-ring (bicyclic) bond motifs is 1. The van der Waals surface area contributed by atoms with Crippen LogP contribution in [0, 0.1) is 6.92 Å². The van der Waals surface area contributed by atoms with Crippen molar-refractivity contribution < 1.29 is 9.47 Å². The Morgan fingerprint density at radius 3 is 2.44 bits per heavy atom. The molecular weight excluding hydrogens is 314 g/mol. The molecule has 0 amide bonds. The van der Waals surface area contributed by atoms with Crippen LogP contribution in [0.5, 0.6) is 17.4 Å². The maximum atomic E-state index is 5.97. The second kappa shape index (κ2) is 6.65. The van der Waals surface area contributed by atoms with Crippen molar-refractivity contribution in [3.05, 3.63) is 84.3 Å². The van der Waals surface area contributed by atoms with Gasteiger partial charge in [0.05, 0.1) is 6.20 Å². The molecule has 25 heavy (non-hydrogen) atoms. The summed E-state index contributed by atoms with van der Waals surface area (Å²) in [5.74, 6) is 2.01. The Morgan fingerprint density at radius 1 is 0.960 bits per heavy atom. The Morgan fingerprint density at radius 2 is 1.68 bits per heavy atom. The van der Waals surface area contributed by atoms with Gasteiger partial charge >= 0.3 is 0 Å². The van der Waals surface area contributed by atoms with Crippen molar-refractivity contribution in [3.63, 3.8) is 0 Å². The number of ether oxygens (including phenoxy) is 2. The molecule has 5 nitrogen and oxygen atoms in total. The van der Waals surface area contributed by atoms with Crippen LogP contribution in [0.4, 0.5) is 0 Å². The van der Waals surface area contributed by atoms with Gasteiger partial charge < -0.3 is 9.47 Å². The summed E-state index contributed by atoms with van der Waals surface area (Å²) in [4.78, 5) is 4.28. The molecule has 0 fully saturated rings. The second-order valence-electron chi connectivity index (χ2n) is 5.67. The predicted molar refractivity (Wildman–Crippen MR) is 95.0 cm³/mol. The van der Waals surface area contributed by atoms with Gasteiger partial charge in [-0.05, 0) is 24.6 Å². The zero-order valence-electron chi connectivity index (χ0n) is 13.8. The summed E-state index contributed by atoms with van der Waals surface area (Å²) in [5, 5.41) is 4.27. The van der Waals surface area contributed by atoms with Crippen molar-refractivity contribution in [2.24, 2.45) is 0 Å². The molecule has 2 heterocycles. The first kappa shape index (κ1) is 15.2. The van der Waals surface area contributed by atoms with Gasteiger partial charge in [0.25, 0.3) is 0 Å². The summed E-state index contributed by atoms with van der Waals surface area (Å²) in [6.07, 6.45) is 3.33. The highest BCUT2D eigenvalue weighted by Gasteiger charge is 2.15. The van der Waals surface area contributed by atoms with Crippen molar-refractivity contribution >= 4 is 5.52 Å². The molecule has 0 aliphatic carbocycles. The van der Waals surface area contributed by atoms with Gasteiger partial charge in [-0.25, -0.2) is 4.52 Å². The molecular formula is C20H17N3O2. The van der Waals surface area contributed by atoms with Crippen LogP contribution < -0.4 is 9.47 Å². The second-order valence-corrected chi connectivity index (χ2v) is 5.67. The molecule has 0 radical (unpaired) electrons. The van der Waals surface area contributed by atoms with E-state index in [0.717, 1.165) is 28.1 Å². The first-order valence-corrected chi connectivity index (χ1v) is 8.04. The van der Waals surface area contributed by atoms with E-state index in [1.807, 2.05) is 73.8 Å². The number of aryl methyl sites for hydroxylation is 1. The van der Waals surface area contributed by atoms with Crippen molar-refractivity contribution in [2.45, 2.75) is 13.5 Å². The van der Waals surface area contributed by atoms with Crippen LogP contribution in [0.25, 0.3) is 5.52 Å². The Labute approximate surface area is 145 Å². The summed E-state index contributed by atoms with van der Waals surface area (Å²) < 4.78 is 13.6. The minimum atomic E-state index is 0.501. The van der Waals surface area contributed by atoms with Crippen LogP contribution in [-0.2, 0) is 6.61 Å². The first-order chi connectivity index (χ1) is 12.3. The molecule has 0 N–H and O–H groups in total. The lowest BCUT2D eigenvalue weighted by Gasteiger charge is -2.07. The summed E-state index contributed by atoms with van der Waals surface area (Å²) >= 11 is 0. The summed E-state index contributed by atoms with van der Waals surface area (Å²) in [6.45, 7) is 2.48. The Hall–Kier alpha value is -3.34. The van der Waals surface area contributed by atoms with Crippen molar-refractivity contribution in [1.29, 1.82) is 0 Å². The van der Waals surface area contributed by atoms with Crippen LogP contribution in [0.15, 0.2) is 73.2 Å². The molecule has 2 aromatic carbocycles. The molecule has 0 unspecified atom stereocenters. The van der Waals surface area contributed by atoms with Crippen LogP contribution in [0.3, 0.4) is 0 Å². The number of nitrogens with zero attached hydrogens (tertiary/aromatic N) is 3. The molecule has 0 spiro atoms. The third-order valence-electron chi connectivity index (χ3n) is 3.94. The van der Waals surface area contributed by atoms with E-state index in [0.29, 0.717) is 12.5 Å². The molecule has 0 saturated carbocycles. The van der Waals surface area contributed by atoms with Crippen molar-refractivity contribution in [2.75, 3.05) is 0 Å². The van der Waals surface area contributed by atoms with E-state index in [-0.39, 0.29) is 0 Å². The maximum Gasteiger partial charge on any atom is 0.247 e. The number of para-hydroxylation sites is 1. The quantitative estimate of drug-likeness (QED) is 0.543. The molecule has 0 atom stereocenters. The average Bonchev–Trinajstić information content (AvgIpc) is 2.99. The van der Waals surface area contributed by atoms with Gasteiger partial charge in [-0.15, -0.1) is 0 Å². The van der Waals surface area contributed by atoms with Crippen LogP contribution >= 0.6 is 0 Å². The minimum absolute atomic E-state index is 0.501. The third-order valence-corrected chi connectivity index (χ3v) is 3.94. The topological polar surface area (TPSA) is 48.7 Å². The highest BCUT2D eigenvalue weighted by Crippen LogP contribution is 2.32. The fourth-order valence-corrected chi connectivity index (χ4v) is 2.66. The normalized spacial score (nSPS) is 10.8. The van der Waals surface area contributed by atoms with Gasteiger partial charge in [0.2, 0.25) is 5.88 Å². The fraction of sp³-hybridized carbons (Fsp3) is 0.100. The Kier molecular flexibility index (Phi) is 4.04. The summed E-state index contributed by atoms with van der Waals surface area (Å²) in [5.41, 5.74) is 2.86. The van der Waals surface area contributed by atoms with Crippen LogP contribution in [0.1, 0.15) is 11.1 Å². The highest BCUT2D eigenvalue weighted by molar-refractivity contribution is 5.67. The lowest BCUT2D eigenvalue weighted by Crippen LogP contribution is -1.96. The summed E-state index contributed by atoms with van der Waals surface area (Å²) in [7, 11) is 0. The third kappa shape index (κ3) is 3.17. The predicted octanol–water partition coefficient (Wildman–Crippen LogP) is 4.41.